The van der Waals surface area contributed by atoms with Crippen LogP contribution in [0.2, 0.25) is 0 Å². The van der Waals surface area contributed by atoms with Crippen molar-refractivity contribution in [2.75, 3.05) is 0 Å². The van der Waals surface area contributed by atoms with Crippen LogP contribution in [0.1, 0.15) is 31.5 Å². The predicted molar refractivity (Wildman–Crippen MR) is 69.0 cm³/mol. The van der Waals surface area contributed by atoms with Crippen LogP contribution in [0.3, 0.4) is 0 Å². The van der Waals surface area contributed by atoms with Crippen LogP contribution in [0.5, 0.6) is 0 Å². The van der Waals surface area contributed by atoms with Crippen LogP contribution < -0.4 is 0 Å². The lowest BCUT2D eigenvalue weighted by molar-refractivity contribution is 0.533. The van der Waals surface area contributed by atoms with Crippen LogP contribution >= 0.6 is 11.3 Å². The lowest BCUT2D eigenvalue weighted by Gasteiger charge is -2.16. The summed E-state index contributed by atoms with van der Waals surface area (Å²) in [4.78, 5) is 4.43. The molecule has 2 unspecified atom stereocenters. The minimum atomic E-state index is 0.515. The summed E-state index contributed by atoms with van der Waals surface area (Å²) < 4.78 is 0. The van der Waals surface area contributed by atoms with E-state index >= 15 is 0 Å². The van der Waals surface area contributed by atoms with E-state index in [0.29, 0.717) is 11.8 Å². The topological polar surface area (TPSA) is 12.9 Å². The molecule has 1 rings (SSSR count). The van der Waals surface area contributed by atoms with Gasteiger partial charge in [-0.3, -0.25) is 0 Å². The Hall–Kier alpha value is -0.890. The molecule has 1 aromatic heterocycles. The van der Waals surface area contributed by atoms with Crippen molar-refractivity contribution in [2.24, 2.45) is 11.8 Å². The van der Waals surface area contributed by atoms with Crippen molar-refractivity contribution in [1.29, 1.82) is 0 Å². The molecule has 1 nitrogen and oxygen atoms in total. The molecule has 0 radical (unpaired) electrons. The zero-order valence-corrected chi connectivity index (χ0v) is 10.8. The second-order valence-electron chi connectivity index (χ2n) is 4.06. The Balaban J connectivity index is 2.79. The molecule has 0 aliphatic rings. The molecule has 0 aliphatic carbocycles. The lowest BCUT2D eigenvalue weighted by Crippen LogP contribution is -2.06. The van der Waals surface area contributed by atoms with Gasteiger partial charge in [0.2, 0.25) is 0 Å². The minimum Gasteiger partial charge on any atom is -0.242 e. The standard InChI is InChI=1S/C13H19NS/c1-6-9(2)11(4)10(3)7-13-8-15-12(5)14-13/h6-9,11H,1H2,2-5H3/b10-7+. The second-order valence-corrected chi connectivity index (χ2v) is 5.13. The van der Waals surface area contributed by atoms with Gasteiger partial charge in [-0.05, 0) is 31.8 Å². The second kappa shape index (κ2) is 5.26. The van der Waals surface area contributed by atoms with E-state index in [1.165, 1.54) is 5.57 Å². The summed E-state index contributed by atoms with van der Waals surface area (Å²) in [5, 5.41) is 3.22. The van der Waals surface area contributed by atoms with Crippen LogP contribution in [0, 0.1) is 18.8 Å². The average molecular weight is 221 g/mol. The molecule has 15 heavy (non-hydrogen) atoms. The zero-order chi connectivity index (χ0) is 11.4. The molecule has 0 saturated heterocycles. The Labute approximate surface area is 96.6 Å². The summed E-state index contributed by atoms with van der Waals surface area (Å²) in [6.45, 7) is 12.5. The normalized spacial score (nSPS) is 16.1. The fraction of sp³-hybridized carbons (Fsp3) is 0.462. The van der Waals surface area contributed by atoms with Crippen molar-refractivity contribution in [1.82, 2.24) is 4.98 Å². The van der Waals surface area contributed by atoms with Crippen molar-refractivity contribution < 1.29 is 0 Å². The first-order valence-corrected chi connectivity index (χ1v) is 6.15. The molecule has 2 atom stereocenters. The van der Waals surface area contributed by atoms with Gasteiger partial charge in [0.15, 0.2) is 0 Å². The summed E-state index contributed by atoms with van der Waals surface area (Å²) in [6.07, 6.45) is 4.18. The Morgan fingerprint density at radius 3 is 2.67 bits per heavy atom. The zero-order valence-electron chi connectivity index (χ0n) is 9.95. The highest BCUT2D eigenvalue weighted by atomic mass is 32.1. The fourth-order valence-corrected chi connectivity index (χ4v) is 2.00. The van der Waals surface area contributed by atoms with Gasteiger partial charge in [0.05, 0.1) is 10.7 Å². The molecular weight excluding hydrogens is 202 g/mol. The van der Waals surface area contributed by atoms with E-state index in [1.807, 2.05) is 13.0 Å². The molecule has 1 heterocycles. The van der Waals surface area contributed by atoms with Gasteiger partial charge < -0.3 is 0 Å². The maximum absolute atomic E-state index is 4.43. The van der Waals surface area contributed by atoms with Crippen LogP contribution in [-0.2, 0) is 0 Å². The van der Waals surface area contributed by atoms with Gasteiger partial charge in [-0.15, -0.1) is 17.9 Å². The molecule has 0 N–H and O–H groups in total. The van der Waals surface area contributed by atoms with E-state index in [1.54, 1.807) is 11.3 Å². The molecule has 0 bridgehead atoms. The molecule has 0 spiro atoms. The van der Waals surface area contributed by atoms with E-state index in [2.05, 4.69) is 43.8 Å². The van der Waals surface area contributed by atoms with Crippen molar-refractivity contribution in [2.45, 2.75) is 27.7 Å². The van der Waals surface area contributed by atoms with Crippen LogP contribution in [0.25, 0.3) is 6.08 Å². The van der Waals surface area contributed by atoms with Gasteiger partial charge >= 0.3 is 0 Å². The van der Waals surface area contributed by atoms with Crippen molar-refractivity contribution in [3.63, 3.8) is 0 Å². The Bertz CT molecular complexity index is 362. The number of aryl methyl sites for hydroxylation is 1. The fourth-order valence-electron chi connectivity index (χ4n) is 1.43. The van der Waals surface area contributed by atoms with Gasteiger partial charge in [0.25, 0.3) is 0 Å². The highest BCUT2D eigenvalue weighted by Crippen LogP contribution is 2.23. The van der Waals surface area contributed by atoms with Gasteiger partial charge in [-0.2, -0.15) is 0 Å². The van der Waals surface area contributed by atoms with Crippen LogP contribution in [-0.4, -0.2) is 4.98 Å². The Morgan fingerprint density at radius 1 is 1.53 bits per heavy atom. The van der Waals surface area contributed by atoms with Gasteiger partial charge in [0, 0.05) is 5.38 Å². The number of aromatic nitrogens is 1. The van der Waals surface area contributed by atoms with Crippen LogP contribution in [0.15, 0.2) is 23.6 Å². The number of thiazole rings is 1. The van der Waals surface area contributed by atoms with E-state index < -0.39 is 0 Å². The molecule has 2 heteroatoms. The molecular formula is C13H19NS. The third-order valence-electron chi connectivity index (χ3n) is 2.89. The number of nitrogens with zero attached hydrogens (tertiary/aromatic N) is 1. The summed E-state index contributed by atoms with van der Waals surface area (Å²) in [5.41, 5.74) is 2.45. The minimum absolute atomic E-state index is 0.515. The Morgan fingerprint density at radius 2 is 2.20 bits per heavy atom. The molecule has 0 aliphatic heterocycles. The molecule has 0 aromatic carbocycles. The number of allylic oxidation sites excluding steroid dienone is 2. The van der Waals surface area contributed by atoms with Crippen LogP contribution in [0.4, 0.5) is 0 Å². The van der Waals surface area contributed by atoms with Gasteiger partial charge in [-0.1, -0.05) is 25.5 Å². The van der Waals surface area contributed by atoms with Crippen molar-refractivity contribution in [3.05, 3.63) is 34.3 Å². The Kier molecular flexibility index (Phi) is 4.28. The van der Waals surface area contributed by atoms with Gasteiger partial charge in [0.1, 0.15) is 0 Å². The summed E-state index contributed by atoms with van der Waals surface area (Å²) in [7, 11) is 0. The van der Waals surface area contributed by atoms with E-state index in [0.717, 1.165) is 10.7 Å². The van der Waals surface area contributed by atoms with Crippen molar-refractivity contribution >= 4 is 17.4 Å². The molecule has 0 fully saturated rings. The highest BCUT2D eigenvalue weighted by Gasteiger charge is 2.10. The highest BCUT2D eigenvalue weighted by molar-refractivity contribution is 7.09. The quantitative estimate of drug-likeness (QED) is 0.690. The average Bonchev–Trinajstić information content (AvgIpc) is 2.61. The summed E-state index contributed by atoms with van der Waals surface area (Å²) >= 11 is 1.70. The largest absolute Gasteiger partial charge is 0.242 e. The number of rotatable bonds is 4. The molecule has 1 aromatic rings. The molecule has 82 valence electrons. The maximum Gasteiger partial charge on any atom is 0.0901 e. The third-order valence-corrected chi connectivity index (χ3v) is 3.68. The number of hydrogen-bond donors (Lipinski definition) is 0. The monoisotopic (exact) mass is 221 g/mol. The smallest absolute Gasteiger partial charge is 0.0901 e. The third kappa shape index (κ3) is 3.31. The SMILES string of the molecule is C=CC(C)C(C)/C(C)=C/c1csc(C)n1. The molecule has 0 amide bonds. The lowest BCUT2D eigenvalue weighted by atomic mass is 9.89. The van der Waals surface area contributed by atoms with E-state index in [9.17, 15) is 0 Å². The van der Waals surface area contributed by atoms with Crippen molar-refractivity contribution in [3.8, 4) is 0 Å². The summed E-state index contributed by atoms with van der Waals surface area (Å²) in [5.74, 6) is 1.05. The number of hydrogen-bond acceptors (Lipinski definition) is 2. The van der Waals surface area contributed by atoms with E-state index in [4.69, 9.17) is 0 Å². The first-order chi connectivity index (χ1) is 7.04. The summed E-state index contributed by atoms with van der Waals surface area (Å²) in [6, 6.07) is 0. The van der Waals surface area contributed by atoms with E-state index in [-0.39, 0.29) is 0 Å². The van der Waals surface area contributed by atoms with Gasteiger partial charge in [-0.25, -0.2) is 4.98 Å². The first-order valence-electron chi connectivity index (χ1n) is 5.27. The first kappa shape index (κ1) is 12.2. The molecule has 0 saturated carbocycles. The predicted octanol–water partition coefficient (Wildman–Crippen LogP) is 4.31. The maximum atomic E-state index is 4.43.